The molecule has 2 N–H and O–H groups in total. The third-order valence-corrected chi connectivity index (χ3v) is 2.36. The van der Waals surface area contributed by atoms with Crippen molar-refractivity contribution in [3.63, 3.8) is 0 Å². The molecule has 0 aliphatic heterocycles. The van der Waals surface area contributed by atoms with E-state index in [0.717, 1.165) is 0 Å². The van der Waals surface area contributed by atoms with Gasteiger partial charge in [-0.25, -0.2) is 4.39 Å². The fourth-order valence-corrected chi connectivity index (χ4v) is 1.39. The number of aliphatic hydroxyl groups excluding tert-OH is 1. The van der Waals surface area contributed by atoms with Gasteiger partial charge in [0.15, 0.2) is 0 Å². The van der Waals surface area contributed by atoms with Crippen molar-refractivity contribution < 1.29 is 9.50 Å². The maximum absolute atomic E-state index is 13.2. The van der Waals surface area contributed by atoms with Crippen LogP contribution in [0.3, 0.4) is 0 Å². The molecule has 1 atom stereocenters. The summed E-state index contributed by atoms with van der Waals surface area (Å²) in [7, 11) is 0. The Morgan fingerprint density at radius 2 is 2.27 bits per heavy atom. The molecule has 1 aromatic carbocycles. The highest BCUT2D eigenvalue weighted by atomic mass is 35.5. The quantitative estimate of drug-likeness (QED) is 0.814. The smallest absolute Gasteiger partial charge is 0.127 e. The van der Waals surface area contributed by atoms with Crippen LogP contribution in [0.2, 0.25) is 5.02 Å². The minimum absolute atomic E-state index is 0.130. The summed E-state index contributed by atoms with van der Waals surface area (Å²) in [6.45, 7) is 3.13. The van der Waals surface area contributed by atoms with Gasteiger partial charge in [0.1, 0.15) is 5.82 Å². The van der Waals surface area contributed by atoms with Crippen LogP contribution in [-0.4, -0.2) is 18.3 Å². The molecule has 0 aromatic heterocycles. The molecule has 0 saturated heterocycles. The van der Waals surface area contributed by atoms with E-state index >= 15 is 0 Å². The minimum atomic E-state index is -0.261. The van der Waals surface area contributed by atoms with Crippen LogP contribution in [0.25, 0.3) is 0 Å². The van der Waals surface area contributed by atoms with E-state index in [9.17, 15) is 4.39 Å². The van der Waals surface area contributed by atoms with Crippen LogP contribution >= 0.6 is 11.6 Å². The van der Waals surface area contributed by atoms with Crippen LogP contribution < -0.4 is 5.32 Å². The topological polar surface area (TPSA) is 32.3 Å². The minimum Gasteiger partial charge on any atom is -0.396 e. The average Bonchev–Trinajstić information content (AvgIpc) is 2.23. The van der Waals surface area contributed by atoms with Gasteiger partial charge in [-0.15, -0.1) is 0 Å². The molecule has 1 rings (SSSR count). The summed E-state index contributed by atoms with van der Waals surface area (Å²) in [5.41, 5.74) is 0.549. The molecule has 0 fully saturated rings. The van der Waals surface area contributed by atoms with Gasteiger partial charge < -0.3 is 10.4 Å². The molecule has 1 aromatic rings. The van der Waals surface area contributed by atoms with Crippen LogP contribution in [-0.2, 0) is 6.54 Å². The molecule has 2 nitrogen and oxygen atoms in total. The number of rotatable bonds is 5. The Balaban J connectivity index is 2.46. The zero-order valence-electron chi connectivity index (χ0n) is 8.63. The van der Waals surface area contributed by atoms with Crippen LogP contribution in [0, 0.1) is 11.7 Å². The molecule has 0 bridgehead atoms. The van der Waals surface area contributed by atoms with E-state index in [-0.39, 0.29) is 18.3 Å². The lowest BCUT2D eigenvalue weighted by atomic mass is 10.2. The molecule has 0 aliphatic rings. The lowest BCUT2D eigenvalue weighted by molar-refractivity contribution is 0.233. The molecular formula is C11H15ClFNO. The summed E-state index contributed by atoms with van der Waals surface area (Å²) in [4.78, 5) is 0. The Morgan fingerprint density at radius 3 is 2.93 bits per heavy atom. The summed E-state index contributed by atoms with van der Waals surface area (Å²) >= 11 is 5.75. The van der Waals surface area contributed by atoms with Gasteiger partial charge in [0.2, 0.25) is 0 Å². The van der Waals surface area contributed by atoms with E-state index < -0.39 is 0 Å². The zero-order chi connectivity index (χ0) is 11.3. The molecular weight excluding hydrogens is 217 g/mol. The van der Waals surface area contributed by atoms with Crippen molar-refractivity contribution in [2.45, 2.75) is 13.5 Å². The van der Waals surface area contributed by atoms with Crippen LogP contribution in [0.4, 0.5) is 4.39 Å². The molecule has 15 heavy (non-hydrogen) atoms. The van der Waals surface area contributed by atoms with Crippen molar-refractivity contribution in [3.8, 4) is 0 Å². The second kappa shape index (κ2) is 6.05. The summed E-state index contributed by atoms with van der Waals surface area (Å²) < 4.78 is 13.2. The predicted octanol–water partition coefficient (Wildman–Crippen LogP) is 2.20. The van der Waals surface area contributed by atoms with Crippen molar-refractivity contribution in [1.82, 2.24) is 5.32 Å². The van der Waals surface area contributed by atoms with Gasteiger partial charge in [0, 0.05) is 30.3 Å². The number of halogens is 2. The maximum Gasteiger partial charge on any atom is 0.127 e. The number of benzene rings is 1. The lowest BCUT2D eigenvalue weighted by Gasteiger charge is -2.10. The summed E-state index contributed by atoms with van der Waals surface area (Å²) in [5, 5.41) is 12.4. The van der Waals surface area contributed by atoms with Crippen molar-refractivity contribution in [3.05, 3.63) is 34.6 Å². The van der Waals surface area contributed by atoms with Crippen molar-refractivity contribution >= 4 is 11.6 Å². The van der Waals surface area contributed by atoms with Crippen molar-refractivity contribution in [2.24, 2.45) is 5.92 Å². The van der Waals surface area contributed by atoms with Gasteiger partial charge in [-0.1, -0.05) is 18.5 Å². The van der Waals surface area contributed by atoms with Crippen molar-refractivity contribution in [1.29, 1.82) is 0 Å². The fourth-order valence-electron chi connectivity index (χ4n) is 1.20. The second-order valence-electron chi connectivity index (χ2n) is 3.65. The molecule has 84 valence electrons. The summed E-state index contributed by atoms with van der Waals surface area (Å²) in [5.74, 6) is -0.0872. The highest BCUT2D eigenvalue weighted by molar-refractivity contribution is 6.30. The van der Waals surface area contributed by atoms with Gasteiger partial charge in [-0.3, -0.25) is 0 Å². The van der Waals surface area contributed by atoms with Crippen LogP contribution in [0.15, 0.2) is 18.2 Å². The van der Waals surface area contributed by atoms with Gasteiger partial charge in [-0.05, 0) is 24.1 Å². The van der Waals surface area contributed by atoms with E-state index in [1.165, 1.54) is 12.1 Å². The van der Waals surface area contributed by atoms with Crippen molar-refractivity contribution in [2.75, 3.05) is 13.2 Å². The Kier molecular flexibility index (Phi) is 5.02. The van der Waals surface area contributed by atoms with E-state index in [2.05, 4.69) is 5.32 Å². The Hall–Kier alpha value is -0.640. The van der Waals surface area contributed by atoms with Gasteiger partial charge >= 0.3 is 0 Å². The first-order valence-corrected chi connectivity index (χ1v) is 5.26. The Bertz CT molecular complexity index is 319. The molecule has 0 saturated carbocycles. The summed E-state index contributed by atoms with van der Waals surface area (Å²) in [6.07, 6.45) is 0. The average molecular weight is 232 g/mol. The molecule has 0 heterocycles. The summed E-state index contributed by atoms with van der Waals surface area (Å²) in [6, 6.07) is 4.49. The first kappa shape index (κ1) is 12.4. The highest BCUT2D eigenvalue weighted by Gasteiger charge is 2.04. The highest BCUT2D eigenvalue weighted by Crippen LogP contribution is 2.14. The van der Waals surface area contributed by atoms with E-state index in [0.29, 0.717) is 23.7 Å². The molecule has 1 unspecified atom stereocenters. The Morgan fingerprint density at radius 1 is 1.53 bits per heavy atom. The molecule has 0 amide bonds. The number of aliphatic hydroxyl groups is 1. The van der Waals surface area contributed by atoms with Crippen LogP contribution in [0.5, 0.6) is 0 Å². The van der Waals surface area contributed by atoms with Gasteiger partial charge in [0.05, 0.1) is 0 Å². The van der Waals surface area contributed by atoms with E-state index in [4.69, 9.17) is 16.7 Å². The predicted molar refractivity (Wildman–Crippen MR) is 59.4 cm³/mol. The van der Waals surface area contributed by atoms with E-state index in [1.807, 2.05) is 6.92 Å². The largest absolute Gasteiger partial charge is 0.396 e. The monoisotopic (exact) mass is 231 g/mol. The van der Waals surface area contributed by atoms with Crippen LogP contribution in [0.1, 0.15) is 12.5 Å². The van der Waals surface area contributed by atoms with E-state index in [1.54, 1.807) is 6.07 Å². The Labute approximate surface area is 94.1 Å². The zero-order valence-corrected chi connectivity index (χ0v) is 9.39. The molecule has 4 heteroatoms. The third-order valence-electron chi connectivity index (χ3n) is 2.13. The SMILES string of the molecule is CC(CO)CNCc1cc(Cl)ccc1F. The normalized spacial score (nSPS) is 12.8. The molecule has 0 radical (unpaired) electrons. The fraction of sp³-hybridized carbons (Fsp3) is 0.455. The van der Waals surface area contributed by atoms with Gasteiger partial charge in [0.25, 0.3) is 0 Å². The first-order chi connectivity index (χ1) is 7.13. The number of hydrogen-bond donors (Lipinski definition) is 2. The van der Waals surface area contributed by atoms with Gasteiger partial charge in [-0.2, -0.15) is 0 Å². The lowest BCUT2D eigenvalue weighted by Crippen LogP contribution is -2.23. The second-order valence-corrected chi connectivity index (χ2v) is 4.09. The first-order valence-electron chi connectivity index (χ1n) is 4.89. The third kappa shape index (κ3) is 4.16. The molecule has 0 aliphatic carbocycles. The molecule has 0 spiro atoms. The number of nitrogens with one attached hydrogen (secondary N) is 1. The maximum atomic E-state index is 13.2. The standard InChI is InChI=1S/C11H15ClFNO/c1-8(7-15)5-14-6-9-4-10(12)2-3-11(9)13/h2-4,8,14-15H,5-7H2,1H3. The number of hydrogen-bond acceptors (Lipinski definition) is 2.